The van der Waals surface area contributed by atoms with E-state index in [1.165, 1.54) is 12.8 Å². The van der Waals surface area contributed by atoms with Crippen LogP contribution in [-0.2, 0) is 9.59 Å². The third-order valence-electron chi connectivity index (χ3n) is 7.99. The van der Waals surface area contributed by atoms with Gasteiger partial charge in [-0.1, -0.05) is 13.8 Å². The Morgan fingerprint density at radius 1 is 1.13 bits per heavy atom. The Morgan fingerprint density at radius 3 is 2.65 bits per heavy atom. The Labute approximate surface area is 139 Å². The number of rotatable bonds is 0. The van der Waals surface area contributed by atoms with Gasteiger partial charge in [0.15, 0.2) is 11.6 Å². The van der Waals surface area contributed by atoms with Crippen molar-refractivity contribution in [2.24, 2.45) is 34.5 Å². The quantitative estimate of drug-likeness (QED) is 0.635. The van der Waals surface area contributed by atoms with E-state index in [1.54, 1.807) is 6.08 Å². The van der Waals surface area contributed by atoms with Gasteiger partial charge in [0.1, 0.15) is 0 Å². The van der Waals surface area contributed by atoms with Crippen LogP contribution in [0.15, 0.2) is 11.6 Å². The van der Waals surface area contributed by atoms with E-state index in [4.69, 9.17) is 6.42 Å². The Kier molecular flexibility index (Phi) is 3.18. The molecular weight excluding hydrogens is 284 g/mol. The number of allylic oxidation sites excluding steroid dienone is 1. The Morgan fingerprint density at radius 2 is 1.91 bits per heavy atom. The van der Waals surface area contributed by atoms with Gasteiger partial charge in [0.05, 0.1) is 0 Å². The number of carbonyl (C=O) groups is 2. The number of terminal acetylenes is 1. The summed E-state index contributed by atoms with van der Waals surface area (Å²) in [7, 11) is 0. The van der Waals surface area contributed by atoms with E-state index in [-0.39, 0.29) is 22.4 Å². The van der Waals surface area contributed by atoms with Gasteiger partial charge in [0.2, 0.25) is 0 Å². The molecule has 0 bridgehead atoms. The summed E-state index contributed by atoms with van der Waals surface area (Å²) in [4.78, 5) is 24.6. The summed E-state index contributed by atoms with van der Waals surface area (Å²) in [6, 6.07) is 0. The number of ketones is 2. The SMILES string of the molecule is C#CC1CCC2C3CC(=O)C4=CC(=O)CCC4(C)C3CCC12C. The summed E-state index contributed by atoms with van der Waals surface area (Å²) in [5.74, 6) is 5.39. The van der Waals surface area contributed by atoms with E-state index in [2.05, 4.69) is 19.8 Å². The predicted octanol–water partition coefficient (Wildman–Crippen LogP) is 3.95. The monoisotopic (exact) mass is 310 g/mol. The second-order valence-corrected chi connectivity index (χ2v) is 8.79. The third-order valence-corrected chi connectivity index (χ3v) is 7.99. The minimum Gasteiger partial charge on any atom is -0.295 e. The fraction of sp³-hybridized carbons (Fsp3) is 0.714. The molecule has 4 aliphatic rings. The average Bonchev–Trinajstić information content (AvgIpc) is 2.86. The molecule has 3 saturated carbocycles. The zero-order valence-corrected chi connectivity index (χ0v) is 14.2. The maximum atomic E-state index is 12.8. The molecular formula is C21H26O2. The van der Waals surface area contributed by atoms with Crippen LogP contribution in [0, 0.1) is 46.8 Å². The molecule has 3 fully saturated rings. The van der Waals surface area contributed by atoms with Crippen LogP contribution >= 0.6 is 0 Å². The lowest BCUT2D eigenvalue weighted by atomic mass is 9.46. The summed E-state index contributed by atoms with van der Waals surface area (Å²) < 4.78 is 0. The summed E-state index contributed by atoms with van der Waals surface area (Å²) in [6.45, 7) is 4.62. The zero-order valence-electron chi connectivity index (χ0n) is 14.2. The fourth-order valence-electron chi connectivity index (χ4n) is 6.66. The maximum absolute atomic E-state index is 12.8. The maximum Gasteiger partial charge on any atom is 0.159 e. The molecule has 0 aromatic rings. The molecule has 2 nitrogen and oxygen atoms in total. The predicted molar refractivity (Wildman–Crippen MR) is 89.4 cm³/mol. The second kappa shape index (κ2) is 4.82. The first-order chi connectivity index (χ1) is 10.9. The molecule has 0 spiro atoms. The highest BCUT2D eigenvalue weighted by Crippen LogP contribution is 2.65. The lowest BCUT2D eigenvalue weighted by molar-refractivity contribution is -0.130. The van der Waals surface area contributed by atoms with Crippen molar-refractivity contribution in [3.8, 4) is 12.3 Å². The number of fused-ring (bicyclic) bond motifs is 5. The van der Waals surface area contributed by atoms with Crippen LogP contribution < -0.4 is 0 Å². The van der Waals surface area contributed by atoms with Gasteiger partial charge in [0.25, 0.3) is 0 Å². The molecule has 2 heteroatoms. The van der Waals surface area contributed by atoms with Crippen LogP contribution in [0.1, 0.15) is 58.8 Å². The van der Waals surface area contributed by atoms with Crippen LogP contribution in [0.4, 0.5) is 0 Å². The summed E-state index contributed by atoms with van der Waals surface area (Å²) in [5, 5.41) is 0. The molecule has 0 N–H and O–H groups in total. The number of hydrogen-bond acceptors (Lipinski definition) is 2. The topological polar surface area (TPSA) is 34.1 Å². The van der Waals surface area contributed by atoms with Crippen LogP contribution in [0.3, 0.4) is 0 Å². The first kappa shape index (κ1) is 15.2. The molecule has 6 atom stereocenters. The van der Waals surface area contributed by atoms with E-state index in [0.717, 1.165) is 24.8 Å². The van der Waals surface area contributed by atoms with Crippen molar-refractivity contribution in [2.75, 3.05) is 0 Å². The first-order valence-electron chi connectivity index (χ1n) is 9.14. The van der Waals surface area contributed by atoms with Gasteiger partial charge < -0.3 is 0 Å². The highest BCUT2D eigenvalue weighted by Gasteiger charge is 2.60. The molecule has 4 rings (SSSR count). The normalized spacial score (nSPS) is 48.8. The van der Waals surface area contributed by atoms with Crippen LogP contribution in [0.2, 0.25) is 0 Å². The molecule has 0 heterocycles. The number of hydrogen-bond donors (Lipinski definition) is 0. The van der Waals surface area contributed by atoms with E-state index in [0.29, 0.717) is 36.5 Å². The fourth-order valence-corrected chi connectivity index (χ4v) is 6.66. The first-order valence-corrected chi connectivity index (χ1v) is 9.14. The Bertz CT molecular complexity index is 651. The van der Waals surface area contributed by atoms with Gasteiger partial charge >= 0.3 is 0 Å². The molecule has 0 aromatic heterocycles. The van der Waals surface area contributed by atoms with Crippen molar-refractivity contribution in [3.63, 3.8) is 0 Å². The minimum absolute atomic E-state index is 0.0799. The van der Waals surface area contributed by atoms with Crippen molar-refractivity contribution < 1.29 is 9.59 Å². The molecule has 0 radical (unpaired) electrons. The third kappa shape index (κ3) is 1.89. The number of carbonyl (C=O) groups excluding carboxylic acids is 2. The van der Waals surface area contributed by atoms with Crippen LogP contribution in [-0.4, -0.2) is 11.6 Å². The van der Waals surface area contributed by atoms with Gasteiger partial charge in [-0.05, 0) is 66.8 Å². The highest BCUT2D eigenvalue weighted by molar-refractivity contribution is 6.05. The van der Waals surface area contributed by atoms with E-state index in [1.807, 2.05) is 0 Å². The summed E-state index contributed by atoms with van der Waals surface area (Å²) >= 11 is 0. The molecule has 0 aliphatic heterocycles. The minimum atomic E-state index is -0.0799. The van der Waals surface area contributed by atoms with Gasteiger partial charge in [-0.2, -0.15) is 0 Å². The van der Waals surface area contributed by atoms with E-state index < -0.39 is 0 Å². The van der Waals surface area contributed by atoms with Gasteiger partial charge in [-0.25, -0.2) is 0 Å². The highest BCUT2D eigenvalue weighted by atomic mass is 16.1. The van der Waals surface area contributed by atoms with Crippen molar-refractivity contribution >= 4 is 11.6 Å². The van der Waals surface area contributed by atoms with Crippen molar-refractivity contribution in [3.05, 3.63) is 11.6 Å². The average molecular weight is 310 g/mol. The standard InChI is InChI=1S/C21H26O2/c1-4-13-5-6-16-15-12-19(23)18-11-14(22)7-9-21(18,3)17(15)8-10-20(13,16)2/h1,11,13,15-17H,5-10,12H2,2-3H3. The molecule has 0 saturated heterocycles. The smallest absolute Gasteiger partial charge is 0.159 e. The van der Waals surface area contributed by atoms with Gasteiger partial charge in [-0.15, -0.1) is 12.3 Å². The lowest BCUT2D eigenvalue weighted by Gasteiger charge is -2.57. The second-order valence-electron chi connectivity index (χ2n) is 8.79. The Hall–Kier alpha value is -1.36. The molecule has 23 heavy (non-hydrogen) atoms. The summed E-state index contributed by atoms with van der Waals surface area (Å²) in [5.41, 5.74) is 0.979. The van der Waals surface area contributed by atoms with Gasteiger partial charge in [-0.3, -0.25) is 9.59 Å². The van der Waals surface area contributed by atoms with E-state index >= 15 is 0 Å². The molecule has 0 amide bonds. The van der Waals surface area contributed by atoms with Gasteiger partial charge in [0, 0.05) is 24.3 Å². The zero-order chi connectivity index (χ0) is 16.4. The molecule has 4 aliphatic carbocycles. The Balaban J connectivity index is 1.74. The molecule has 122 valence electrons. The molecule has 6 unspecified atom stereocenters. The van der Waals surface area contributed by atoms with Crippen LogP contribution in [0.25, 0.3) is 0 Å². The van der Waals surface area contributed by atoms with Crippen molar-refractivity contribution in [1.82, 2.24) is 0 Å². The summed E-state index contributed by atoms with van der Waals surface area (Å²) in [6.07, 6.45) is 14.2. The largest absolute Gasteiger partial charge is 0.295 e. The molecule has 0 aromatic carbocycles. The van der Waals surface area contributed by atoms with Crippen LogP contribution in [0.5, 0.6) is 0 Å². The number of Topliss-reactive ketones (excluding diaryl/α,β-unsaturated/α-hetero) is 1. The van der Waals surface area contributed by atoms with Crippen molar-refractivity contribution in [2.45, 2.75) is 58.8 Å². The lowest BCUT2D eigenvalue weighted by Crippen LogP contribution is -2.52. The van der Waals surface area contributed by atoms with Crippen molar-refractivity contribution in [1.29, 1.82) is 0 Å². The van der Waals surface area contributed by atoms with E-state index in [9.17, 15) is 9.59 Å².